The number of benzene rings is 1. The van der Waals surface area contributed by atoms with Crippen molar-refractivity contribution in [1.82, 2.24) is 4.90 Å². The molecular weight excluding hydrogens is 232 g/mol. The SMILES string of the molecule is COCCCN(C)C(=O)c1ccc(OC)c(N)c1. The van der Waals surface area contributed by atoms with E-state index in [1.54, 1.807) is 44.4 Å². The van der Waals surface area contributed by atoms with E-state index in [-0.39, 0.29) is 5.91 Å². The summed E-state index contributed by atoms with van der Waals surface area (Å²) in [5, 5.41) is 0. The summed E-state index contributed by atoms with van der Waals surface area (Å²) in [6, 6.07) is 5.05. The monoisotopic (exact) mass is 252 g/mol. The third kappa shape index (κ3) is 3.63. The van der Waals surface area contributed by atoms with Crippen LogP contribution in [0.4, 0.5) is 5.69 Å². The lowest BCUT2D eigenvalue weighted by Crippen LogP contribution is -2.28. The molecule has 5 heteroatoms. The first-order valence-corrected chi connectivity index (χ1v) is 5.78. The second kappa shape index (κ2) is 6.86. The zero-order valence-corrected chi connectivity index (χ0v) is 11.1. The Morgan fingerprint density at radius 1 is 1.39 bits per heavy atom. The van der Waals surface area contributed by atoms with Crippen LogP contribution < -0.4 is 10.5 Å². The summed E-state index contributed by atoms with van der Waals surface area (Å²) in [6.45, 7) is 1.29. The predicted octanol–water partition coefficient (Wildman–Crippen LogP) is 1.39. The average molecular weight is 252 g/mol. The molecule has 18 heavy (non-hydrogen) atoms. The van der Waals surface area contributed by atoms with Gasteiger partial charge in [0, 0.05) is 32.9 Å². The van der Waals surface area contributed by atoms with E-state index in [1.807, 2.05) is 0 Å². The van der Waals surface area contributed by atoms with E-state index in [1.165, 1.54) is 0 Å². The fourth-order valence-electron chi connectivity index (χ4n) is 1.64. The second-order valence-corrected chi connectivity index (χ2v) is 4.03. The van der Waals surface area contributed by atoms with Gasteiger partial charge in [0.15, 0.2) is 0 Å². The van der Waals surface area contributed by atoms with Gasteiger partial charge in [-0.3, -0.25) is 4.79 Å². The van der Waals surface area contributed by atoms with Crippen molar-refractivity contribution >= 4 is 11.6 Å². The molecule has 0 saturated carbocycles. The van der Waals surface area contributed by atoms with Crippen LogP contribution >= 0.6 is 0 Å². The van der Waals surface area contributed by atoms with Crippen LogP contribution in [0.25, 0.3) is 0 Å². The third-order valence-corrected chi connectivity index (χ3v) is 2.67. The molecule has 0 spiro atoms. The minimum Gasteiger partial charge on any atom is -0.495 e. The quantitative estimate of drug-likeness (QED) is 0.613. The Kier molecular flexibility index (Phi) is 5.45. The highest BCUT2D eigenvalue weighted by atomic mass is 16.5. The van der Waals surface area contributed by atoms with Crippen LogP contribution in [0.1, 0.15) is 16.8 Å². The Balaban J connectivity index is 2.68. The van der Waals surface area contributed by atoms with E-state index in [0.29, 0.717) is 30.2 Å². The van der Waals surface area contributed by atoms with Crippen LogP contribution in [0.3, 0.4) is 0 Å². The standard InChI is InChI=1S/C13H20N2O3/c1-15(7-4-8-17-2)13(16)10-5-6-12(18-3)11(14)9-10/h5-6,9H,4,7-8,14H2,1-3H3. The molecule has 0 unspecified atom stereocenters. The van der Waals surface area contributed by atoms with E-state index in [9.17, 15) is 4.79 Å². The molecule has 0 fully saturated rings. The number of nitrogens with zero attached hydrogens (tertiary/aromatic N) is 1. The number of rotatable bonds is 6. The maximum Gasteiger partial charge on any atom is 0.253 e. The summed E-state index contributed by atoms with van der Waals surface area (Å²) < 4.78 is 10.0. The van der Waals surface area contributed by atoms with Crippen LogP contribution in [0.15, 0.2) is 18.2 Å². The molecule has 2 N–H and O–H groups in total. The van der Waals surface area contributed by atoms with Crippen LogP contribution in [-0.4, -0.2) is 45.2 Å². The number of carbonyl (C=O) groups excluding carboxylic acids is 1. The fourth-order valence-corrected chi connectivity index (χ4v) is 1.64. The average Bonchev–Trinajstić information content (AvgIpc) is 2.38. The number of nitrogens with two attached hydrogens (primary N) is 1. The molecule has 1 rings (SSSR count). The van der Waals surface area contributed by atoms with E-state index >= 15 is 0 Å². The van der Waals surface area contributed by atoms with Gasteiger partial charge in [-0.25, -0.2) is 0 Å². The highest BCUT2D eigenvalue weighted by molar-refractivity contribution is 5.95. The number of nitrogen functional groups attached to an aromatic ring is 1. The molecule has 100 valence electrons. The van der Waals surface area contributed by atoms with Crippen LogP contribution in [0.2, 0.25) is 0 Å². The first-order chi connectivity index (χ1) is 8.60. The number of ether oxygens (including phenoxy) is 2. The minimum atomic E-state index is -0.0551. The Morgan fingerprint density at radius 3 is 2.67 bits per heavy atom. The normalized spacial score (nSPS) is 10.2. The van der Waals surface area contributed by atoms with Gasteiger partial charge in [-0.15, -0.1) is 0 Å². The molecule has 5 nitrogen and oxygen atoms in total. The van der Waals surface area contributed by atoms with Gasteiger partial charge in [-0.1, -0.05) is 0 Å². The van der Waals surface area contributed by atoms with Crippen molar-refractivity contribution in [1.29, 1.82) is 0 Å². The smallest absolute Gasteiger partial charge is 0.253 e. The van der Waals surface area contributed by atoms with Crippen molar-refractivity contribution in [3.8, 4) is 5.75 Å². The number of methoxy groups -OCH3 is 2. The van der Waals surface area contributed by atoms with Crippen molar-refractivity contribution in [2.45, 2.75) is 6.42 Å². The third-order valence-electron chi connectivity index (χ3n) is 2.67. The number of amides is 1. The van der Waals surface area contributed by atoms with Crippen molar-refractivity contribution < 1.29 is 14.3 Å². The van der Waals surface area contributed by atoms with E-state index < -0.39 is 0 Å². The van der Waals surface area contributed by atoms with E-state index in [4.69, 9.17) is 15.2 Å². The van der Waals surface area contributed by atoms with Gasteiger partial charge >= 0.3 is 0 Å². The van der Waals surface area contributed by atoms with Gasteiger partial charge in [0.05, 0.1) is 12.8 Å². The van der Waals surface area contributed by atoms with Crippen LogP contribution in [0.5, 0.6) is 5.75 Å². The number of hydrogen-bond acceptors (Lipinski definition) is 4. The summed E-state index contributed by atoms with van der Waals surface area (Å²) in [5.41, 5.74) is 6.81. The molecule has 0 bridgehead atoms. The molecular formula is C13H20N2O3. The summed E-state index contributed by atoms with van der Waals surface area (Å²) in [6.07, 6.45) is 0.810. The molecule has 0 heterocycles. The van der Waals surface area contributed by atoms with Crippen LogP contribution in [-0.2, 0) is 4.74 Å². The summed E-state index contributed by atoms with van der Waals surface area (Å²) in [7, 11) is 4.95. The summed E-state index contributed by atoms with van der Waals surface area (Å²) in [5.74, 6) is 0.522. The van der Waals surface area contributed by atoms with Crippen molar-refractivity contribution in [3.05, 3.63) is 23.8 Å². The highest BCUT2D eigenvalue weighted by Gasteiger charge is 2.12. The molecule has 0 saturated heterocycles. The highest BCUT2D eigenvalue weighted by Crippen LogP contribution is 2.22. The minimum absolute atomic E-state index is 0.0551. The molecule has 1 amide bonds. The van der Waals surface area contributed by atoms with Gasteiger partial charge in [0.25, 0.3) is 5.91 Å². The van der Waals surface area contributed by atoms with Crippen molar-refractivity contribution in [2.75, 3.05) is 40.2 Å². The fraction of sp³-hybridized carbons (Fsp3) is 0.462. The summed E-state index contributed by atoms with van der Waals surface area (Å²) in [4.78, 5) is 13.7. The lowest BCUT2D eigenvalue weighted by molar-refractivity contribution is 0.0779. The van der Waals surface area contributed by atoms with Gasteiger partial charge < -0.3 is 20.1 Å². The molecule has 0 aromatic heterocycles. The zero-order chi connectivity index (χ0) is 13.5. The molecule has 0 aliphatic rings. The molecule has 0 radical (unpaired) electrons. The van der Waals surface area contributed by atoms with E-state index in [2.05, 4.69) is 0 Å². The van der Waals surface area contributed by atoms with Gasteiger partial charge in [0.2, 0.25) is 0 Å². The largest absolute Gasteiger partial charge is 0.495 e. The number of carbonyl (C=O) groups is 1. The maximum atomic E-state index is 12.1. The first-order valence-electron chi connectivity index (χ1n) is 5.78. The molecule has 1 aromatic rings. The lowest BCUT2D eigenvalue weighted by atomic mass is 10.1. The molecule has 1 aromatic carbocycles. The Morgan fingerprint density at radius 2 is 2.11 bits per heavy atom. The topological polar surface area (TPSA) is 64.8 Å². The maximum absolute atomic E-state index is 12.1. The van der Waals surface area contributed by atoms with Gasteiger partial charge in [-0.05, 0) is 24.6 Å². The Labute approximate surface area is 107 Å². The molecule has 0 aliphatic carbocycles. The van der Waals surface area contributed by atoms with E-state index in [0.717, 1.165) is 6.42 Å². The second-order valence-electron chi connectivity index (χ2n) is 4.03. The van der Waals surface area contributed by atoms with Crippen LogP contribution in [0, 0.1) is 0 Å². The number of hydrogen-bond donors (Lipinski definition) is 1. The molecule has 0 aliphatic heterocycles. The first kappa shape index (κ1) is 14.3. The lowest BCUT2D eigenvalue weighted by Gasteiger charge is -2.17. The Bertz CT molecular complexity index is 407. The Hall–Kier alpha value is -1.75. The van der Waals surface area contributed by atoms with Crippen molar-refractivity contribution in [2.24, 2.45) is 0 Å². The van der Waals surface area contributed by atoms with Gasteiger partial charge in [-0.2, -0.15) is 0 Å². The van der Waals surface area contributed by atoms with Crippen molar-refractivity contribution in [3.63, 3.8) is 0 Å². The molecule has 0 atom stereocenters. The summed E-state index contributed by atoms with van der Waals surface area (Å²) >= 11 is 0. The number of anilines is 1. The zero-order valence-electron chi connectivity index (χ0n) is 11.1. The predicted molar refractivity (Wildman–Crippen MR) is 70.9 cm³/mol. The van der Waals surface area contributed by atoms with Gasteiger partial charge in [0.1, 0.15) is 5.75 Å².